The normalized spacial score (nSPS) is 11.9. The van der Waals surface area contributed by atoms with Gasteiger partial charge in [-0.15, -0.1) is 0 Å². The molecular formula is C22H18ClNO2. The van der Waals surface area contributed by atoms with E-state index in [4.69, 9.17) is 21.1 Å². The Hall–Kier alpha value is -3.04. The molecule has 3 aromatic rings. The standard InChI is InChI=1S/C22H18ClNO2/c1-17(16-25-20-12-6-3-7-13-20)22(24-19-10-4-2-5-11-19)26-21-14-8-9-18(23)15-21/h2-16H,1H3/b17-16+,24-22+. The molecule has 0 heterocycles. The number of ether oxygens (including phenoxy) is 2. The molecule has 0 atom stereocenters. The Balaban J connectivity index is 1.88. The fourth-order valence-corrected chi connectivity index (χ4v) is 2.34. The average Bonchev–Trinajstić information content (AvgIpc) is 2.67. The maximum Gasteiger partial charge on any atom is 0.225 e. The molecule has 3 aromatic carbocycles. The predicted octanol–water partition coefficient (Wildman–Crippen LogP) is 6.43. The molecule has 0 aliphatic heterocycles. The molecule has 0 spiro atoms. The van der Waals surface area contributed by atoms with Crippen LogP contribution in [0.3, 0.4) is 0 Å². The molecule has 0 aliphatic carbocycles. The van der Waals surface area contributed by atoms with E-state index in [9.17, 15) is 0 Å². The van der Waals surface area contributed by atoms with E-state index in [-0.39, 0.29) is 0 Å². The lowest BCUT2D eigenvalue weighted by Gasteiger charge is -2.10. The smallest absolute Gasteiger partial charge is 0.225 e. The molecule has 0 saturated carbocycles. The van der Waals surface area contributed by atoms with Crippen molar-refractivity contribution < 1.29 is 9.47 Å². The predicted molar refractivity (Wildman–Crippen MR) is 106 cm³/mol. The topological polar surface area (TPSA) is 30.8 Å². The summed E-state index contributed by atoms with van der Waals surface area (Å²) in [7, 11) is 0. The summed E-state index contributed by atoms with van der Waals surface area (Å²) in [5, 5.41) is 0.601. The number of halogens is 1. The van der Waals surface area contributed by atoms with Crippen molar-refractivity contribution in [1.29, 1.82) is 0 Å². The van der Waals surface area contributed by atoms with Gasteiger partial charge in [0.1, 0.15) is 11.5 Å². The highest BCUT2D eigenvalue weighted by Gasteiger charge is 2.08. The quantitative estimate of drug-likeness (QED) is 0.297. The summed E-state index contributed by atoms with van der Waals surface area (Å²) in [6.07, 6.45) is 1.63. The minimum Gasteiger partial charge on any atom is -0.465 e. The molecule has 0 aliphatic rings. The third-order valence-electron chi connectivity index (χ3n) is 3.45. The first-order chi connectivity index (χ1) is 12.7. The summed E-state index contributed by atoms with van der Waals surface area (Å²) in [5.41, 5.74) is 1.54. The van der Waals surface area contributed by atoms with Crippen LogP contribution < -0.4 is 9.47 Å². The van der Waals surface area contributed by atoms with Crippen molar-refractivity contribution in [2.45, 2.75) is 6.92 Å². The van der Waals surface area contributed by atoms with Crippen LogP contribution in [0, 0.1) is 0 Å². The van der Waals surface area contributed by atoms with E-state index < -0.39 is 0 Å². The van der Waals surface area contributed by atoms with Gasteiger partial charge in [-0.2, -0.15) is 0 Å². The SMILES string of the molecule is CC(=C\Oc1ccccc1)/C(=N\c1ccccc1)Oc1cccc(Cl)c1. The Morgan fingerprint density at radius 1 is 0.846 bits per heavy atom. The number of rotatable bonds is 5. The van der Waals surface area contributed by atoms with E-state index >= 15 is 0 Å². The van der Waals surface area contributed by atoms with E-state index in [2.05, 4.69) is 4.99 Å². The molecule has 3 rings (SSSR count). The van der Waals surface area contributed by atoms with Crippen molar-refractivity contribution in [3.8, 4) is 11.5 Å². The molecule has 3 nitrogen and oxygen atoms in total. The van der Waals surface area contributed by atoms with E-state index in [1.807, 2.05) is 79.7 Å². The van der Waals surface area contributed by atoms with Gasteiger partial charge >= 0.3 is 0 Å². The number of hydrogen-bond acceptors (Lipinski definition) is 3. The molecule has 130 valence electrons. The van der Waals surface area contributed by atoms with Gasteiger partial charge in [0.15, 0.2) is 0 Å². The molecule has 0 amide bonds. The summed E-state index contributed by atoms with van der Waals surface area (Å²) < 4.78 is 11.7. The Morgan fingerprint density at radius 2 is 1.50 bits per heavy atom. The number of para-hydroxylation sites is 2. The van der Waals surface area contributed by atoms with Gasteiger partial charge in [0.2, 0.25) is 5.90 Å². The average molecular weight is 364 g/mol. The second kappa shape index (κ2) is 8.88. The van der Waals surface area contributed by atoms with E-state index in [0.717, 1.165) is 17.0 Å². The van der Waals surface area contributed by atoms with Gasteiger partial charge in [-0.25, -0.2) is 4.99 Å². The fourth-order valence-electron chi connectivity index (χ4n) is 2.16. The maximum absolute atomic E-state index is 6.05. The Morgan fingerprint density at radius 3 is 2.19 bits per heavy atom. The van der Waals surface area contributed by atoms with Crippen LogP contribution in [0.4, 0.5) is 5.69 Å². The minimum atomic E-state index is 0.439. The minimum absolute atomic E-state index is 0.439. The third kappa shape index (κ3) is 5.23. The molecule has 0 radical (unpaired) electrons. The number of nitrogens with zero attached hydrogens (tertiary/aromatic N) is 1. The van der Waals surface area contributed by atoms with Crippen LogP contribution in [0.1, 0.15) is 6.92 Å². The Bertz CT molecular complexity index is 906. The van der Waals surface area contributed by atoms with Crippen LogP contribution in [0.5, 0.6) is 11.5 Å². The van der Waals surface area contributed by atoms with Gasteiger partial charge in [0.25, 0.3) is 0 Å². The van der Waals surface area contributed by atoms with Crippen LogP contribution in [-0.2, 0) is 0 Å². The Kier molecular flexibility index (Phi) is 6.07. The van der Waals surface area contributed by atoms with E-state index in [1.54, 1.807) is 18.4 Å². The summed E-state index contributed by atoms with van der Waals surface area (Å²) >= 11 is 6.05. The fraction of sp³-hybridized carbons (Fsp3) is 0.0455. The van der Waals surface area contributed by atoms with Gasteiger partial charge < -0.3 is 9.47 Å². The van der Waals surface area contributed by atoms with Crippen molar-refractivity contribution in [2.24, 2.45) is 4.99 Å². The molecule has 0 fully saturated rings. The maximum atomic E-state index is 6.05. The molecule has 0 aromatic heterocycles. The lowest BCUT2D eigenvalue weighted by Crippen LogP contribution is -2.10. The highest BCUT2D eigenvalue weighted by atomic mass is 35.5. The zero-order valence-electron chi connectivity index (χ0n) is 14.3. The van der Waals surface area contributed by atoms with E-state index in [0.29, 0.717) is 16.7 Å². The van der Waals surface area contributed by atoms with Gasteiger partial charge in [0.05, 0.1) is 11.9 Å². The highest BCUT2D eigenvalue weighted by Crippen LogP contribution is 2.21. The molecule has 0 N–H and O–H groups in total. The monoisotopic (exact) mass is 363 g/mol. The lowest BCUT2D eigenvalue weighted by atomic mass is 10.3. The van der Waals surface area contributed by atoms with Crippen molar-refractivity contribution in [2.75, 3.05) is 0 Å². The molecular weight excluding hydrogens is 346 g/mol. The largest absolute Gasteiger partial charge is 0.465 e. The second-order valence-electron chi connectivity index (χ2n) is 5.54. The van der Waals surface area contributed by atoms with Crippen molar-refractivity contribution in [1.82, 2.24) is 0 Å². The first-order valence-corrected chi connectivity index (χ1v) is 8.54. The summed E-state index contributed by atoms with van der Waals surface area (Å²) in [5.74, 6) is 1.79. The molecule has 0 bridgehead atoms. The zero-order valence-corrected chi connectivity index (χ0v) is 15.1. The number of aliphatic imine (C=N–C) groups is 1. The Labute approximate surface area is 158 Å². The molecule has 26 heavy (non-hydrogen) atoms. The van der Waals surface area contributed by atoms with Crippen LogP contribution in [0.25, 0.3) is 0 Å². The van der Waals surface area contributed by atoms with Crippen molar-refractivity contribution in [3.63, 3.8) is 0 Å². The van der Waals surface area contributed by atoms with Gasteiger partial charge in [-0.1, -0.05) is 54.1 Å². The summed E-state index contributed by atoms with van der Waals surface area (Å²) in [6, 6.07) is 26.4. The second-order valence-corrected chi connectivity index (χ2v) is 5.98. The summed E-state index contributed by atoms with van der Waals surface area (Å²) in [4.78, 5) is 4.60. The van der Waals surface area contributed by atoms with Gasteiger partial charge in [0, 0.05) is 10.6 Å². The van der Waals surface area contributed by atoms with Gasteiger partial charge in [-0.05, 0) is 49.4 Å². The third-order valence-corrected chi connectivity index (χ3v) is 3.68. The van der Waals surface area contributed by atoms with Crippen LogP contribution in [0.15, 0.2) is 102 Å². The number of hydrogen-bond donors (Lipinski definition) is 0. The lowest BCUT2D eigenvalue weighted by molar-refractivity contribution is 0.473. The zero-order chi connectivity index (χ0) is 18.2. The summed E-state index contributed by atoms with van der Waals surface area (Å²) in [6.45, 7) is 1.88. The number of benzene rings is 3. The van der Waals surface area contributed by atoms with Crippen LogP contribution in [-0.4, -0.2) is 5.90 Å². The van der Waals surface area contributed by atoms with Crippen molar-refractivity contribution >= 4 is 23.2 Å². The first-order valence-electron chi connectivity index (χ1n) is 8.17. The molecule has 4 heteroatoms. The van der Waals surface area contributed by atoms with E-state index in [1.165, 1.54) is 0 Å². The van der Waals surface area contributed by atoms with Gasteiger partial charge in [-0.3, -0.25) is 0 Å². The first kappa shape index (κ1) is 17.8. The molecule has 0 unspecified atom stereocenters. The van der Waals surface area contributed by atoms with Crippen molar-refractivity contribution in [3.05, 3.63) is 102 Å². The van der Waals surface area contributed by atoms with Crippen LogP contribution in [0.2, 0.25) is 5.02 Å². The highest BCUT2D eigenvalue weighted by molar-refractivity contribution is 6.30. The molecule has 0 saturated heterocycles. The van der Waals surface area contributed by atoms with Crippen LogP contribution >= 0.6 is 11.6 Å².